The highest BCUT2D eigenvalue weighted by atomic mass is 16.5. The largest absolute Gasteiger partial charge is 0.380 e. The topological polar surface area (TPSA) is 40.2 Å². The molecule has 1 aromatic rings. The lowest BCUT2D eigenvalue weighted by Gasteiger charge is -2.06. The third kappa shape index (κ3) is 4.81. The fourth-order valence-electron chi connectivity index (χ4n) is 1.61. The summed E-state index contributed by atoms with van der Waals surface area (Å²) in [5.74, 6) is 0. The average Bonchev–Trinajstić information content (AvgIpc) is 2.72. The molecule has 0 saturated heterocycles. The molecule has 92 valence electrons. The summed E-state index contributed by atoms with van der Waals surface area (Å²) in [6, 6.07) is 2.43. The maximum absolute atomic E-state index is 5.92. The summed E-state index contributed by atoms with van der Waals surface area (Å²) in [6.07, 6.45) is 7.37. The Labute approximate surface area is 98.6 Å². The summed E-state index contributed by atoms with van der Waals surface area (Å²) in [4.78, 5) is 0. The molecule has 0 aliphatic heterocycles. The summed E-state index contributed by atoms with van der Waals surface area (Å²) in [7, 11) is 0. The van der Waals surface area contributed by atoms with Gasteiger partial charge < -0.3 is 15.0 Å². The standard InChI is InChI=1S/C13H24N2O/c1-3-8-16-9-7-15-6-5-12(11-15)10-13(14)4-2/h5-6,11,13H,3-4,7-10,14H2,1-2H3. The average molecular weight is 224 g/mol. The molecule has 0 saturated carbocycles. The van der Waals surface area contributed by atoms with E-state index in [-0.39, 0.29) is 6.04 Å². The molecule has 2 N–H and O–H groups in total. The highest BCUT2D eigenvalue weighted by Gasteiger charge is 2.02. The van der Waals surface area contributed by atoms with Crippen molar-refractivity contribution in [3.05, 3.63) is 24.0 Å². The molecule has 16 heavy (non-hydrogen) atoms. The highest BCUT2D eigenvalue weighted by Crippen LogP contribution is 2.05. The first kappa shape index (κ1) is 13.3. The van der Waals surface area contributed by atoms with Crippen molar-refractivity contribution in [1.82, 2.24) is 4.57 Å². The van der Waals surface area contributed by atoms with Crippen LogP contribution in [0.15, 0.2) is 18.5 Å². The molecule has 1 atom stereocenters. The van der Waals surface area contributed by atoms with Crippen LogP contribution >= 0.6 is 0 Å². The maximum Gasteiger partial charge on any atom is 0.0645 e. The number of hydrogen-bond acceptors (Lipinski definition) is 2. The fourth-order valence-corrected chi connectivity index (χ4v) is 1.61. The molecular weight excluding hydrogens is 200 g/mol. The van der Waals surface area contributed by atoms with Crippen LogP contribution in [0.25, 0.3) is 0 Å². The summed E-state index contributed by atoms with van der Waals surface area (Å²) >= 11 is 0. The van der Waals surface area contributed by atoms with Gasteiger partial charge in [0, 0.05) is 31.6 Å². The first-order valence-corrected chi connectivity index (χ1v) is 6.24. The molecule has 0 spiro atoms. The van der Waals surface area contributed by atoms with Crippen molar-refractivity contribution in [3.63, 3.8) is 0 Å². The second-order valence-corrected chi connectivity index (χ2v) is 4.24. The van der Waals surface area contributed by atoms with Gasteiger partial charge in [0.1, 0.15) is 0 Å². The van der Waals surface area contributed by atoms with Gasteiger partial charge >= 0.3 is 0 Å². The van der Waals surface area contributed by atoms with Crippen molar-refractivity contribution in [2.24, 2.45) is 5.73 Å². The zero-order valence-corrected chi connectivity index (χ0v) is 10.5. The minimum absolute atomic E-state index is 0.284. The Morgan fingerprint density at radius 1 is 1.38 bits per heavy atom. The van der Waals surface area contributed by atoms with Crippen molar-refractivity contribution >= 4 is 0 Å². The van der Waals surface area contributed by atoms with Crippen molar-refractivity contribution in [2.75, 3.05) is 13.2 Å². The van der Waals surface area contributed by atoms with E-state index in [1.807, 2.05) is 0 Å². The van der Waals surface area contributed by atoms with Crippen LogP contribution in [0.1, 0.15) is 32.3 Å². The lowest BCUT2D eigenvalue weighted by Crippen LogP contribution is -2.21. The van der Waals surface area contributed by atoms with Crippen LogP contribution in [0.2, 0.25) is 0 Å². The molecule has 0 aliphatic carbocycles. The van der Waals surface area contributed by atoms with Gasteiger partial charge in [-0.05, 0) is 30.9 Å². The number of aromatic nitrogens is 1. The highest BCUT2D eigenvalue weighted by molar-refractivity contribution is 5.11. The van der Waals surface area contributed by atoms with E-state index in [4.69, 9.17) is 10.5 Å². The molecule has 1 unspecified atom stereocenters. The molecule has 1 heterocycles. The van der Waals surface area contributed by atoms with Crippen LogP contribution in [0, 0.1) is 0 Å². The fraction of sp³-hybridized carbons (Fsp3) is 0.692. The third-order valence-corrected chi connectivity index (χ3v) is 2.68. The zero-order valence-electron chi connectivity index (χ0n) is 10.5. The van der Waals surface area contributed by atoms with Gasteiger partial charge in [0.05, 0.1) is 6.61 Å². The molecule has 0 bridgehead atoms. The van der Waals surface area contributed by atoms with Crippen LogP contribution in [-0.4, -0.2) is 23.8 Å². The van der Waals surface area contributed by atoms with Gasteiger partial charge in [-0.25, -0.2) is 0 Å². The number of nitrogens with two attached hydrogens (primary N) is 1. The molecule has 0 fully saturated rings. The Morgan fingerprint density at radius 3 is 2.88 bits per heavy atom. The number of ether oxygens (including phenoxy) is 1. The van der Waals surface area contributed by atoms with Gasteiger partial charge in [-0.2, -0.15) is 0 Å². The van der Waals surface area contributed by atoms with E-state index in [0.717, 1.165) is 39.0 Å². The second-order valence-electron chi connectivity index (χ2n) is 4.24. The van der Waals surface area contributed by atoms with Crippen LogP contribution in [-0.2, 0) is 17.7 Å². The monoisotopic (exact) mass is 224 g/mol. The van der Waals surface area contributed by atoms with Crippen molar-refractivity contribution in [1.29, 1.82) is 0 Å². The molecule has 1 aromatic heterocycles. The number of nitrogens with zero attached hydrogens (tertiary/aromatic N) is 1. The lowest BCUT2D eigenvalue weighted by molar-refractivity contribution is 0.127. The van der Waals surface area contributed by atoms with Gasteiger partial charge in [-0.1, -0.05) is 13.8 Å². The Morgan fingerprint density at radius 2 is 2.19 bits per heavy atom. The van der Waals surface area contributed by atoms with Gasteiger partial charge in [-0.3, -0.25) is 0 Å². The van der Waals surface area contributed by atoms with E-state index >= 15 is 0 Å². The molecule has 3 heteroatoms. The Bertz CT molecular complexity index is 283. The minimum atomic E-state index is 0.284. The van der Waals surface area contributed by atoms with Crippen molar-refractivity contribution in [2.45, 2.75) is 45.7 Å². The summed E-state index contributed by atoms with van der Waals surface area (Å²) in [5, 5.41) is 0. The first-order chi connectivity index (χ1) is 7.76. The normalized spacial score (nSPS) is 12.9. The molecule has 1 rings (SSSR count). The summed E-state index contributed by atoms with van der Waals surface area (Å²) < 4.78 is 7.63. The lowest BCUT2D eigenvalue weighted by atomic mass is 10.1. The number of rotatable bonds is 8. The number of hydrogen-bond donors (Lipinski definition) is 1. The molecular formula is C13H24N2O. The van der Waals surface area contributed by atoms with E-state index < -0.39 is 0 Å². The Hall–Kier alpha value is -0.800. The third-order valence-electron chi connectivity index (χ3n) is 2.68. The van der Waals surface area contributed by atoms with Gasteiger partial charge in [0.25, 0.3) is 0 Å². The minimum Gasteiger partial charge on any atom is -0.380 e. The smallest absolute Gasteiger partial charge is 0.0645 e. The first-order valence-electron chi connectivity index (χ1n) is 6.24. The van der Waals surface area contributed by atoms with Crippen LogP contribution in [0.5, 0.6) is 0 Å². The van der Waals surface area contributed by atoms with Crippen LogP contribution in [0.3, 0.4) is 0 Å². The van der Waals surface area contributed by atoms with E-state index in [1.165, 1.54) is 5.56 Å². The van der Waals surface area contributed by atoms with Crippen LogP contribution < -0.4 is 5.73 Å². The molecule has 0 amide bonds. The van der Waals surface area contributed by atoms with Gasteiger partial charge in [0.2, 0.25) is 0 Å². The van der Waals surface area contributed by atoms with E-state index in [1.54, 1.807) is 0 Å². The van der Waals surface area contributed by atoms with Gasteiger partial charge in [-0.15, -0.1) is 0 Å². The second kappa shape index (κ2) is 7.47. The van der Waals surface area contributed by atoms with E-state index in [2.05, 4.69) is 36.9 Å². The summed E-state index contributed by atoms with van der Waals surface area (Å²) in [5.41, 5.74) is 7.24. The Balaban J connectivity index is 2.28. The molecule has 0 aromatic carbocycles. The predicted molar refractivity (Wildman–Crippen MR) is 67.5 cm³/mol. The Kier molecular flexibility index (Phi) is 6.19. The van der Waals surface area contributed by atoms with E-state index in [9.17, 15) is 0 Å². The molecule has 0 radical (unpaired) electrons. The van der Waals surface area contributed by atoms with Crippen LogP contribution in [0.4, 0.5) is 0 Å². The predicted octanol–water partition coefficient (Wildman–Crippen LogP) is 2.19. The quantitative estimate of drug-likeness (QED) is 0.688. The van der Waals surface area contributed by atoms with Gasteiger partial charge in [0.15, 0.2) is 0 Å². The van der Waals surface area contributed by atoms with Crippen molar-refractivity contribution < 1.29 is 4.74 Å². The van der Waals surface area contributed by atoms with Crippen molar-refractivity contribution in [3.8, 4) is 0 Å². The summed E-state index contributed by atoms with van der Waals surface area (Å²) in [6.45, 7) is 6.83. The maximum atomic E-state index is 5.92. The SMILES string of the molecule is CCCOCCn1ccc(CC(N)CC)c1. The van der Waals surface area contributed by atoms with E-state index in [0.29, 0.717) is 0 Å². The molecule has 0 aliphatic rings. The molecule has 3 nitrogen and oxygen atoms in total. The zero-order chi connectivity index (χ0) is 11.8.